The lowest BCUT2D eigenvalue weighted by atomic mass is 9.79. The number of pyridine rings is 1. The molecule has 0 saturated heterocycles. The molecule has 3 nitrogen and oxygen atoms in total. The van der Waals surface area contributed by atoms with Crippen LogP contribution in [0.3, 0.4) is 0 Å². The van der Waals surface area contributed by atoms with E-state index in [0.29, 0.717) is 18.2 Å². The molecular weight excluding hydrogens is 454 g/mol. The van der Waals surface area contributed by atoms with Crippen molar-refractivity contribution in [2.75, 3.05) is 0 Å². The molecule has 5 aromatic rings. The molecule has 0 bridgehead atoms. The normalized spacial score (nSPS) is 15.1. The Bertz CT molecular complexity index is 1560. The van der Waals surface area contributed by atoms with Crippen LogP contribution in [0.2, 0.25) is 0 Å². The average molecular weight is 482 g/mol. The first kappa shape index (κ1) is 23.3. The lowest BCUT2D eigenvalue weighted by Crippen LogP contribution is -2.15. The standard InChI is InChI=1S/C31H27NO2.ClH/c1-2-7-30(33)34-31-26-11-6-4-9-21(26)19-29(32-31)23-14-15-25-22(18-23)13-17-27-24-10-5-3-8-20(24)12-16-28(25)27;/h3-6,8-13,16-17,19,23H,2,7,14-15,18H2,1H3;1H. The molecule has 0 saturated carbocycles. The van der Waals surface area contributed by atoms with E-state index in [-0.39, 0.29) is 18.4 Å². The zero-order valence-corrected chi connectivity index (χ0v) is 20.6. The van der Waals surface area contributed by atoms with Crippen LogP contribution < -0.4 is 4.74 Å². The van der Waals surface area contributed by atoms with Crippen LogP contribution in [0.4, 0.5) is 0 Å². The minimum absolute atomic E-state index is 0. The number of hydrogen-bond acceptors (Lipinski definition) is 3. The summed E-state index contributed by atoms with van der Waals surface area (Å²) in [5.41, 5.74) is 3.88. The van der Waals surface area contributed by atoms with Gasteiger partial charge in [-0.1, -0.05) is 73.7 Å². The molecule has 0 aliphatic heterocycles. The van der Waals surface area contributed by atoms with Crippen LogP contribution in [-0.4, -0.2) is 11.0 Å². The minimum atomic E-state index is -0.218. The number of hydrogen-bond donors (Lipinski definition) is 0. The Morgan fingerprint density at radius 1 is 0.886 bits per heavy atom. The second-order valence-electron chi connectivity index (χ2n) is 9.32. The summed E-state index contributed by atoms with van der Waals surface area (Å²) in [5.74, 6) is 0.533. The number of aromatic nitrogens is 1. The second-order valence-corrected chi connectivity index (χ2v) is 9.32. The van der Waals surface area contributed by atoms with E-state index in [1.54, 1.807) is 0 Å². The predicted molar refractivity (Wildman–Crippen MR) is 146 cm³/mol. The van der Waals surface area contributed by atoms with E-state index in [4.69, 9.17) is 9.72 Å². The Balaban J connectivity index is 0.00000253. The molecule has 0 N–H and O–H groups in total. The zero-order chi connectivity index (χ0) is 23.1. The van der Waals surface area contributed by atoms with Gasteiger partial charge in [0.25, 0.3) is 0 Å². The van der Waals surface area contributed by atoms with E-state index in [1.165, 1.54) is 32.7 Å². The molecule has 4 aromatic carbocycles. The molecule has 1 aliphatic rings. The highest BCUT2D eigenvalue weighted by Crippen LogP contribution is 2.39. The third-order valence-corrected chi connectivity index (χ3v) is 7.15. The van der Waals surface area contributed by atoms with Gasteiger partial charge in [-0.25, -0.2) is 4.98 Å². The summed E-state index contributed by atoms with van der Waals surface area (Å²) < 4.78 is 5.72. The quantitative estimate of drug-likeness (QED) is 0.193. The number of fused-ring (bicyclic) bond motifs is 6. The van der Waals surface area contributed by atoms with Gasteiger partial charge in [0.15, 0.2) is 0 Å². The molecule has 35 heavy (non-hydrogen) atoms. The van der Waals surface area contributed by atoms with Crippen molar-refractivity contribution in [3.63, 3.8) is 0 Å². The van der Waals surface area contributed by atoms with Gasteiger partial charge in [-0.15, -0.1) is 12.4 Å². The molecule has 6 rings (SSSR count). The molecule has 176 valence electrons. The molecule has 1 atom stereocenters. The van der Waals surface area contributed by atoms with Gasteiger partial charge in [-0.3, -0.25) is 4.79 Å². The number of carbonyl (C=O) groups excluding carboxylic acids is 1. The summed E-state index contributed by atoms with van der Waals surface area (Å²) in [6, 6.07) is 28.0. The van der Waals surface area contributed by atoms with Gasteiger partial charge in [0.1, 0.15) is 0 Å². The molecule has 1 aliphatic carbocycles. The van der Waals surface area contributed by atoms with Gasteiger partial charge in [0.05, 0.1) is 0 Å². The highest BCUT2D eigenvalue weighted by atomic mass is 35.5. The summed E-state index contributed by atoms with van der Waals surface area (Å²) in [4.78, 5) is 17.1. The maximum Gasteiger partial charge on any atom is 0.312 e. The molecule has 0 fully saturated rings. The Labute approximate surface area is 211 Å². The number of ether oxygens (including phenoxy) is 1. The third-order valence-electron chi connectivity index (χ3n) is 7.15. The van der Waals surface area contributed by atoms with Gasteiger partial charge >= 0.3 is 5.97 Å². The molecular formula is C31H28ClNO2. The van der Waals surface area contributed by atoms with Crippen LogP contribution in [0, 0.1) is 0 Å². The van der Waals surface area contributed by atoms with Crippen LogP contribution in [0.15, 0.2) is 78.9 Å². The van der Waals surface area contributed by atoms with Crippen molar-refractivity contribution in [1.29, 1.82) is 0 Å². The van der Waals surface area contributed by atoms with Crippen LogP contribution in [-0.2, 0) is 17.6 Å². The summed E-state index contributed by atoms with van der Waals surface area (Å²) in [5, 5.41) is 7.28. The van der Waals surface area contributed by atoms with Gasteiger partial charge in [0, 0.05) is 23.4 Å². The SMILES string of the molecule is CCCC(=O)Oc1nc(C2CCc3c(ccc4c3ccc3ccccc34)C2)cc2ccccc12.Cl. The third kappa shape index (κ3) is 4.26. The van der Waals surface area contributed by atoms with Gasteiger partial charge in [-0.05, 0) is 75.9 Å². The number of aryl methyl sites for hydroxylation is 1. The molecule has 4 heteroatoms. The van der Waals surface area contributed by atoms with Crippen molar-refractivity contribution in [3.05, 3.63) is 95.7 Å². The fourth-order valence-electron chi connectivity index (χ4n) is 5.46. The maximum atomic E-state index is 12.3. The zero-order valence-electron chi connectivity index (χ0n) is 19.8. The Kier molecular flexibility index (Phi) is 6.44. The summed E-state index contributed by atoms with van der Waals surface area (Å²) in [6.07, 6.45) is 4.17. The van der Waals surface area contributed by atoms with Crippen molar-refractivity contribution >= 4 is 50.7 Å². The molecule has 1 aromatic heterocycles. The van der Waals surface area contributed by atoms with Gasteiger partial charge in [0.2, 0.25) is 5.88 Å². The molecule has 0 radical (unpaired) electrons. The first-order chi connectivity index (χ1) is 16.7. The van der Waals surface area contributed by atoms with Crippen LogP contribution >= 0.6 is 12.4 Å². The van der Waals surface area contributed by atoms with Crippen molar-refractivity contribution < 1.29 is 9.53 Å². The first-order valence-corrected chi connectivity index (χ1v) is 12.2. The summed E-state index contributed by atoms with van der Waals surface area (Å²) in [6.45, 7) is 1.98. The highest BCUT2D eigenvalue weighted by Gasteiger charge is 2.24. The van der Waals surface area contributed by atoms with Crippen molar-refractivity contribution in [3.8, 4) is 5.88 Å². The Hall–Kier alpha value is -3.43. The van der Waals surface area contributed by atoms with Crippen molar-refractivity contribution in [2.24, 2.45) is 0 Å². The minimum Gasteiger partial charge on any atom is -0.407 e. The van der Waals surface area contributed by atoms with E-state index in [2.05, 4.69) is 60.7 Å². The Morgan fingerprint density at radius 3 is 2.46 bits per heavy atom. The smallest absolute Gasteiger partial charge is 0.312 e. The fraction of sp³-hybridized carbons (Fsp3) is 0.226. The van der Waals surface area contributed by atoms with Gasteiger partial charge in [-0.2, -0.15) is 0 Å². The highest BCUT2D eigenvalue weighted by molar-refractivity contribution is 6.08. The monoisotopic (exact) mass is 481 g/mol. The van der Waals surface area contributed by atoms with E-state index in [9.17, 15) is 4.79 Å². The predicted octanol–water partition coefficient (Wildman–Crippen LogP) is 7.94. The number of esters is 1. The van der Waals surface area contributed by atoms with E-state index in [1.807, 2.05) is 25.1 Å². The number of carbonyl (C=O) groups is 1. The summed E-state index contributed by atoms with van der Waals surface area (Å²) >= 11 is 0. The molecule has 0 amide bonds. The molecule has 1 heterocycles. The van der Waals surface area contributed by atoms with E-state index >= 15 is 0 Å². The number of rotatable bonds is 4. The lowest BCUT2D eigenvalue weighted by Gasteiger charge is -2.26. The van der Waals surface area contributed by atoms with Crippen LogP contribution in [0.25, 0.3) is 32.3 Å². The van der Waals surface area contributed by atoms with Crippen molar-refractivity contribution in [1.82, 2.24) is 4.98 Å². The number of benzene rings is 4. The summed E-state index contributed by atoms with van der Waals surface area (Å²) in [7, 11) is 0. The number of nitrogens with zero attached hydrogens (tertiary/aromatic N) is 1. The number of halogens is 1. The van der Waals surface area contributed by atoms with Crippen LogP contribution in [0.5, 0.6) is 5.88 Å². The average Bonchev–Trinajstić information content (AvgIpc) is 2.88. The largest absolute Gasteiger partial charge is 0.407 e. The fourth-order valence-corrected chi connectivity index (χ4v) is 5.46. The van der Waals surface area contributed by atoms with Crippen LogP contribution in [0.1, 0.15) is 48.9 Å². The molecule has 1 unspecified atom stereocenters. The van der Waals surface area contributed by atoms with Crippen molar-refractivity contribution in [2.45, 2.75) is 44.9 Å². The topological polar surface area (TPSA) is 39.2 Å². The molecule has 0 spiro atoms. The maximum absolute atomic E-state index is 12.3. The van der Waals surface area contributed by atoms with E-state index in [0.717, 1.165) is 42.1 Å². The van der Waals surface area contributed by atoms with Gasteiger partial charge < -0.3 is 4.74 Å². The lowest BCUT2D eigenvalue weighted by molar-refractivity contribution is -0.134. The first-order valence-electron chi connectivity index (χ1n) is 12.2. The second kappa shape index (κ2) is 9.67. The Morgan fingerprint density at radius 2 is 1.63 bits per heavy atom. The van der Waals surface area contributed by atoms with E-state index < -0.39 is 0 Å².